The average molecular weight is 386 g/mol. The number of aryl methyl sites for hydroxylation is 1. The zero-order valence-electron chi connectivity index (χ0n) is 17.3. The molecule has 4 rings (SSSR count). The van der Waals surface area contributed by atoms with Gasteiger partial charge in [0.1, 0.15) is 17.9 Å². The third-order valence-electron chi connectivity index (χ3n) is 5.61. The van der Waals surface area contributed by atoms with Gasteiger partial charge in [0.25, 0.3) is 0 Å². The summed E-state index contributed by atoms with van der Waals surface area (Å²) in [5.74, 6) is 1.67. The molecule has 1 aromatic heterocycles. The Labute approximate surface area is 171 Å². The second-order valence-corrected chi connectivity index (χ2v) is 7.90. The Hall–Kier alpha value is -3.08. The Morgan fingerprint density at radius 2 is 1.90 bits per heavy atom. The normalized spacial score (nSPS) is 13.3. The molecule has 5 heteroatoms. The fourth-order valence-electron chi connectivity index (χ4n) is 3.97. The van der Waals surface area contributed by atoms with Gasteiger partial charge in [-0.15, -0.1) is 0 Å². The van der Waals surface area contributed by atoms with Gasteiger partial charge in [0, 0.05) is 25.9 Å². The van der Waals surface area contributed by atoms with Gasteiger partial charge in [0.15, 0.2) is 0 Å². The van der Waals surface area contributed by atoms with Crippen molar-refractivity contribution >= 4 is 11.7 Å². The smallest absolute Gasteiger partial charge is 0.228 e. The van der Waals surface area contributed by atoms with E-state index in [0.29, 0.717) is 12.8 Å². The molecule has 0 saturated heterocycles. The minimum absolute atomic E-state index is 0.174. The SMILES string of the molecule is CC(=O)Cc1cccc(Cc2ncnc(N3CCc4cc(C)ccc4C3)n2)c1C. The fourth-order valence-corrected chi connectivity index (χ4v) is 3.97. The largest absolute Gasteiger partial charge is 0.336 e. The summed E-state index contributed by atoms with van der Waals surface area (Å²) in [6, 6.07) is 12.8. The number of Topliss-reactive ketones (excluding diaryl/α,β-unsaturated/α-hetero) is 1. The Bertz CT molecular complexity index is 1060. The Morgan fingerprint density at radius 3 is 2.72 bits per heavy atom. The van der Waals surface area contributed by atoms with Crippen molar-refractivity contribution in [3.8, 4) is 0 Å². The second kappa shape index (κ2) is 8.11. The number of carbonyl (C=O) groups excluding carboxylic acids is 1. The molecule has 1 aliphatic rings. The number of aromatic nitrogens is 3. The van der Waals surface area contributed by atoms with Crippen LogP contribution in [0.3, 0.4) is 0 Å². The third kappa shape index (κ3) is 4.34. The first-order chi connectivity index (χ1) is 14.0. The molecule has 0 atom stereocenters. The lowest BCUT2D eigenvalue weighted by atomic mass is 9.97. The molecule has 29 heavy (non-hydrogen) atoms. The number of carbonyl (C=O) groups is 1. The monoisotopic (exact) mass is 386 g/mol. The summed E-state index contributed by atoms with van der Waals surface area (Å²) in [7, 11) is 0. The zero-order chi connectivity index (χ0) is 20.4. The van der Waals surface area contributed by atoms with Crippen LogP contribution in [-0.4, -0.2) is 27.3 Å². The summed E-state index contributed by atoms with van der Waals surface area (Å²) in [5, 5.41) is 0. The van der Waals surface area contributed by atoms with Gasteiger partial charge < -0.3 is 4.90 Å². The van der Waals surface area contributed by atoms with Gasteiger partial charge in [-0.2, -0.15) is 4.98 Å². The summed E-state index contributed by atoms with van der Waals surface area (Å²) >= 11 is 0. The van der Waals surface area contributed by atoms with E-state index in [9.17, 15) is 4.79 Å². The molecule has 2 aromatic carbocycles. The Balaban J connectivity index is 1.54. The van der Waals surface area contributed by atoms with E-state index in [2.05, 4.69) is 53.0 Å². The van der Waals surface area contributed by atoms with Crippen LogP contribution in [0.15, 0.2) is 42.7 Å². The van der Waals surface area contributed by atoms with Gasteiger partial charge in [0.05, 0.1) is 0 Å². The van der Waals surface area contributed by atoms with Crippen molar-refractivity contribution in [2.75, 3.05) is 11.4 Å². The lowest BCUT2D eigenvalue weighted by Gasteiger charge is -2.29. The van der Waals surface area contributed by atoms with Crippen molar-refractivity contribution in [1.82, 2.24) is 15.0 Å². The zero-order valence-corrected chi connectivity index (χ0v) is 17.3. The molecule has 0 N–H and O–H groups in total. The highest BCUT2D eigenvalue weighted by molar-refractivity contribution is 5.78. The number of hydrogen-bond donors (Lipinski definition) is 0. The molecule has 2 heterocycles. The van der Waals surface area contributed by atoms with Crippen LogP contribution >= 0.6 is 0 Å². The van der Waals surface area contributed by atoms with E-state index in [1.54, 1.807) is 13.3 Å². The molecule has 0 amide bonds. The standard InChI is InChI=1S/C24H26N4O/c1-16-7-8-22-14-28(10-9-21(22)11-16)24-26-15-25-23(27-24)13-20-6-4-5-19(18(20)3)12-17(2)29/h4-8,11,15H,9-10,12-14H2,1-3H3. The second-order valence-electron chi connectivity index (χ2n) is 7.90. The minimum atomic E-state index is 0.174. The molecule has 3 aromatic rings. The number of benzene rings is 2. The van der Waals surface area contributed by atoms with Crippen molar-refractivity contribution in [2.24, 2.45) is 0 Å². The van der Waals surface area contributed by atoms with E-state index in [-0.39, 0.29) is 5.78 Å². The molecule has 0 bridgehead atoms. The van der Waals surface area contributed by atoms with Crippen molar-refractivity contribution < 1.29 is 4.79 Å². The van der Waals surface area contributed by atoms with Crippen LogP contribution in [0.2, 0.25) is 0 Å². The van der Waals surface area contributed by atoms with E-state index in [1.807, 2.05) is 12.1 Å². The van der Waals surface area contributed by atoms with Gasteiger partial charge in [-0.3, -0.25) is 4.79 Å². The number of anilines is 1. The predicted octanol–water partition coefficient (Wildman–Crippen LogP) is 3.77. The molecule has 1 aliphatic heterocycles. The van der Waals surface area contributed by atoms with Gasteiger partial charge in [-0.05, 0) is 55.0 Å². The topological polar surface area (TPSA) is 59.0 Å². The van der Waals surface area contributed by atoms with Gasteiger partial charge >= 0.3 is 0 Å². The molecule has 148 valence electrons. The number of hydrogen-bond acceptors (Lipinski definition) is 5. The van der Waals surface area contributed by atoms with E-state index >= 15 is 0 Å². The van der Waals surface area contributed by atoms with Crippen LogP contribution in [-0.2, 0) is 30.6 Å². The van der Waals surface area contributed by atoms with Crippen molar-refractivity contribution in [1.29, 1.82) is 0 Å². The summed E-state index contributed by atoms with van der Waals surface area (Å²) in [5.41, 5.74) is 7.45. The number of nitrogens with zero attached hydrogens (tertiary/aromatic N) is 4. The lowest BCUT2D eigenvalue weighted by molar-refractivity contribution is -0.116. The summed E-state index contributed by atoms with van der Waals surface area (Å²) < 4.78 is 0. The highest BCUT2D eigenvalue weighted by Crippen LogP contribution is 2.23. The highest BCUT2D eigenvalue weighted by Gasteiger charge is 2.19. The average Bonchev–Trinajstić information content (AvgIpc) is 2.70. The quantitative estimate of drug-likeness (QED) is 0.668. The maximum atomic E-state index is 11.5. The number of ketones is 1. The van der Waals surface area contributed by atoms with Crippen molar-refractivity contribution in [3.63, 3.8) is 0 Å². The number of rotatable bonds is 5. The van der Waals surface area contributed by atoms with E-state index < -0.39 is 0 Å². The molecule has 5 nitrogen and oxygen atoms in total. The van der Waals surface area contributed by atoms with Crippen LogP contribution in [0.1, 0.15) is 46.1 Å². The van der Waals surface area contributed by atoms with E-state index in [1.165, 1.54) is 16.7 Å². The van der Waals surface area contributed by atoms with Crippen LogP contribution in [0.5, 0.6) is 0 Å². The first-order valence-corrected chi connectivity index (χ1v) is 10.1. The minimum Gasteiger partial charge on any atom is -0.336 e. The van der Waals surface area contributed by atoms with Crippen molar-refractivity contribution in [3.05, 3.63) is 81.9 Å². The number of fused-ring (bicyclic) bond motifs is 1. The Kier molecular flexibility index (Phi) is 5.38. The van der Waals surface area contributed by atoms with Crippen LogP contribution in [0.25, 0.3) is 0 Å². The molecule has 0 fully saturated rings. The molecule has 0 aliphatic carbocycles. The van der Waals surface area contributed by atoms with Gasteiger partial charge in [-0.1, -0.05) is 42.0 Å². The van der Waals surface area contributed by atoms with E-state index in [4.69, 9.17) is 4.98 Å². The van der Waals surface area contributed by atoms with Gasteiger partial charge in [0.2, 0.25) is 5.95 Å². The molecule has 0 saturated carbocycles. The molecule has 0 unspecified atom stereocenters. The Morgan fingerprint density at radius 1 is 1.07 bits per heavy atom. The lowest BCUT2D eigenvalue weighted by Crippen LogP contribution is -2.32. The van der Waals surface area contributed by atoms with Gasteiger partial charge in [-0.25, -0.2) is 9.97 Å². The molecule has 0 spiro atoms. The predicted molar refractivity (Wildman–Crippen MR) is 114 cm³/mol. The van der Waals surface area contributed by atoms with Crippen LogP contribution in [0, 0.1) is 13.8 Å². The first kappa shape index (κ1) is 19.2. The van der Waals surface area contributed by atoms with E-state index in [0.717, 1.165) is 48.0 Å². The van der Waals surface area contributed by atoms with Crippen molar-refractivity contribution in [2.45, 2.75) is 46.6 Å². The fraction of sp³-hybridized carbons (Fsp3) is 0.333. The highest BCUT2D eigenvalue weighted by atomic mass is 16.1. The maximum Gasteiger partial charge on any atom is 0.228 e. The first-order valence-electron chi connectivity index (χ1n) is 10.1. The molecular formula is C24H26N4O. The summed E-state index contributed by atoms with van der Waals surface area (Å²) in [4.78, 5) is 27.3. The molecular weight excluding hydrogens is 360 g/mol. The third-order valence-corrected chi connectivity index (χ3v) is 5.61. The summed E-state index contributed by atoms with van der Waals surface area (Å²) in [6.07, 6.45) is 3.72. The maximum absolute atomic E-state index is 11.5. The van der Waals surface area contributed by atoms with Crippen LogP contribution in [0.4, 0.5) is 5.95 Å². The molecule has 0 radical (unpaired) electrons. The summed E-state index contributed by atoms with van der Waals surface area (Å²) in [6.45, 7) is 7.57. The van der Waals surface area contributed by atoms with Crippen LogP contribution < -0.4 is 4.90 Å².